The van der Waals surface area contributed by atoms with Gasteiger partial charge in [-0.05, 0) is 23.3 Å². The zero-order valence-electron chi connectivity index (χ0n) is 12.2. The SMILES string of the molecule is FC(F)(F)C1=CC(c2ccc(Br)cc2)N(Cc2ccccc2)C1. The van der Waals surface area contributed by atoms with Gasteiger partial charge >= 0.3 is 6.18 Å². The molecule has 0 N–H and O–H groups in total. The van der Waals surface area contributed by atoms with Crippen molar-refractivity contribution in [1.29, 1.82) is 0 Å². The zero-order chi connectivity index (χ0) is 16.4. The van der Waals surface area contributed by atoms with Crippen molar-refractivity contribution in [1.82, 2.24) is 4.90 Å². The molecule has 0 fully saturated rings. The molecule has 1 heterocycles. The zero-order valence-corrected chi connectivity index (χ0v) is 13.8. The summed E-state index contributed by atoms with van der Waals surface area (Å²) >= 11 is 3.36. The Bertz CT molecular complexity index is 692. The van der Waals surface area contributed by atoms with Crippen molar-refractivity contribution in [2.45, 2.75) is 18.8 Å². The number of benzene rings is 2. The van der Waals surface area contributed by atoms with Crippen molar-refractivity contribution in [3.63, 3.8) is 0 Å². The lowest BCUT2D eigenvalue weighted by atomic mass is 10.1. The lowest BCUT2D eigenvalue weighted by Crippen LogP contribution is -2.26. The van der Waals surface area contributed by atoms with Gasteiger partial charge in [-0.3, -0.25) is 4.90 Å². The van der Waals surface area contributed by atoms with E-state index in [1.807, 2.05) is 59.5 Å². The summed E-state index contributed by atoms with van der Waals surface area (Å²) in [5.41, 5.74) is 1.40. The third kappa shape index (κ3) is 3.85. The smallest absolute Gasteiger partial charge is 0.284 e. The number of hydrogen-bond acceptors (Lipinski definition) is 1. The van der Waals surface area contributed by atoms with Crippen LogP contribution in [0.3, 0.4) is 0 Å². The van der Waals surface area contributed by atoms with E-state index in [4.69, 9.17) is 0 Å². The van der Waals surface area contributed by atoms with E-state index in [9.17, 15) is 13.2 Å². The minimum atomic E-state index is -4.28. The summed E-state index contributed by atoms with van der Waals surface area (Å²) < 4.78 is 40.3. The van der Waals surface area contributed by atoms with Crippen LogP contribution in [0.2, 0.25) is 0 Å². The molecule has 0 amide bonds. The number of halogens is 4. The van der Waals surface area contributed by atoms with Crippen LogP contribution in [0.25, 0.3) is 0 Å². The van der Waals surface area contributed by atoms with Crippen LogP contribution in [0.4, 0.5) is 13.2 Å². The van der Waals surface area contributed by atoms with Crippen LogP contribution in [0, 0.1) is 0 Å². The average Bonchev–Trinajstić information content (AvgIpc) is 2.93. The molecule has 2 aromatic rings. The van der Waals surface area contributed by atoms with E-state index < -0.39 is 11.7 Å². The molecule has 0 bridgehead atoms. The van der Waals surface area contributed by atoms with Gasteiger partial charge < -0.3 is 0 Å². The van der Waals surface area contributed by atoms with Gasteiger partial charge in [0.15, 0.2) is 0 Å². The van der Waals surface area contributed by atoms with Crippen LogP contribution in [-0.2, 0) is 6.54 Å². The first-order valence-electron chi connectivity index (χ1n) is 7.25. The van der Waals surface area contributed by atoms with E-state index in [0.717, 1.165) is 15.6 Å². The molecule has 1 aliphatic heterocycles. The van der Waals surface area contributed by atoms with Crippen LogP contribution < -0.4 is 0 Å². The molecule has 23 heavy (non-hydrogen) atoms. The second kappa shape index (κ2) is 6.49. The molecular weight excluding hydrogens is 367 g/mol. The predicted molar refractivity (Wildman–Crippen MR) is 87.9 cm³/mol. The number of hydrogen-bond donors (Lipinski definition) is 0. The topological polar surface area (TPSA) is 3.24 Å². The normalized spacial score (nSPS) is 19.0. The maximum absolute atomic E-state index is 13.1. The molecule has 2 aromatic carbocycles. The summed E-state index contributed by atoms with van der Waals surface area (Å²) in [4.78, 5) is 1.85. The Morgan fingerprint density at radius 2 is 1.65 bits per heavy atom. The minimum Gasteiger partial charge on any atom is -0.284 e. The molecule has 0 radical (unpaired) electrons. The third-order valence-corrected chi connectivity index (χ3v) is 4.46. The highest BCUT2D eigenvalue weighted by molar-refractivity contribution is 9.10. The van der Waals surface area contributed by atoms with E-state index in [1.54, 1.807) is 0 Å². The predicted octanol–water partition coefficient (Wildman–Crippen LogP) is 5.49. The molecule has 120 valence electrons. The molecule has 0 saturated heterocycles. The van der Waals surface area contributed by atoms with Crippen molar-refractivity contribution in [3.8, 4) is 0 Å². The standard InChI is InChI=1S/C18H15BrF3N/c19-16-8-6-14(7-9-16)17-10-15(18(20,21)22)12-23(17)11-13-4-2-1-3-5-13/h1-10,17H,11-12H2. The van der Waals surface area contributed by atoms with E-state index >= 15 is 0 Å². The van der Waals surface area contributed by atoms with E-state index in [0.29, 0.717) is 6.54 Å². The molecule has 1 atom stereocenters. The van der Waals surface area contributed by atoms with Crippen molar-refractivity contribution < 1.29 is 13.2 Å². The van der Waals surface area contributed by atoms with Crippen LogP contribution in [0.1, 0.15) is 17.2 Å². The third-order valence-electron chi connectivity index (χ3n) is 3.93. The molecule has 1 nitrogen and oxygen atoms in total. The first-order valence-corrected chi connectivity index (χ1v) is 8.04. The molecular formula is C18H15BrF3N. The fourth-order valence-corrected chi connectivity index (χ4v) is 3.05. The van der Waals surface area contributed by atoms with E-state index in [1.165, 1.54) is 6.08 Å². The minimum absolute atomic E-state index is 0.0842. The van der Waals surface area contributed by atoms with Crippen LogP contribution in [-0.4, -0.2) is 17.6 Å². The molecule has 5 heteroatoms. The highest BCUT2D eigenvalue weighted by Crippen LogP contribution is 2.38. The highest BCUT2D eigenvalue weighted by Gasteiger charge is 2.40. The molecule has 0 spiro atoms. The van der Waals surface area contributed by atoms with Gasteiger partial charge in [-0.2, -0.15) is 13.2 Å². The van der Waals surface area contributed by atoms with Crippen molar-refractivity contribution in [2.24, 2.45) is 0 Å². The second-order valence-electron chi connectivity index (χ2n) is 5.58. The maximum Gasteiger partial charge on any atom is 0.413 e. The van der Waals surface area contributed by atoms with Gasteiger partial charge in [-0.15, -0.1) is 0 Å². The van der Waals surface area contributed by atoms with Gasteiger partial charge in [0.2, 0.25) is 0 Å². The monoisotopic (exact) mass is 381 g/mol. The summed E-state index contributed by atoms with van der Waals surface area (Å²) in [6.45, 7) is 0.400. The summed E-state index contributed by atoms with van der Waals surface area (Å²) in [7, 11) is 0. The second-order valence-corrected chi connectivity index (χ2v) is 6.49. The Labute approximate surface area is 141 Å². The molecule has 1 unspecified atom stereocenters. The number of rotatable bonds is 3. The molecule has 0 aliphatic carbocycles. The Hall–Kier alpha value is -1.59. The van der Waals surface area contributed by atoms with E-state index in [-0.39, 0.29) is 12.6 Å². The van der Waals surface area contributed by atoms with Crippen molar-refractivity contribution in [2.75, 3.05) is 6.54 Å². The van der Waals surface area contributed by atoms with Crippen molar-refractivity contribution >= 4 is 15.9 Å². The number of alkyl halides is 3. The molecule has 1 aliphatic rings. The Kier molecular flexibility index (Phi) is 4.60. The quantitative estimate of drug-likeness (QED) is 0.634. The first-order chi connectivity index (χ1) is 10.9. The van der Waals surface area contributed by atoms with E-state index in [2.05, 4.69) is 15.9 Å². The van der Waals surface area contributed by atoms with Gasteiger partial charge in [0, 0.05) is 23.1 Å². The van der Waals surface area contributed by atoms with Gasteiger partial charge in [0.05, 0.1) is 6.04 Å². The summed E-state index contributed by atoms with van der Waals surface area (Å²) in [5.74, 6) is 0. The average molecular weight is 382 g/mol. The molecule has 0 saturated carbocycles. The lowest BCUT2D eigenvalue weighted by Gasteiger charge is -2.25. The lowest BCUT2D eigenvalue weighted by molar-refractivity contribution is -0.0937. The van der Waals surface area contributed by atoms with Gasteiger partial charge in [0.1, 0.15) is 0 Å². The highest BCUT2D eigenvalue weighted by atomic mass is 79.9. The first kappa shape index (κ1) is 16.3. The summed E-state index contributed by atoms with van der Waals surface area (Å²) in [6, 6.07) is 16.7. The van der Waals surface area contributed by atoms with Crippen molar-refractivity contribution in [3.05, 3.63) is 81.8 Å². The largest absolute Gasteiger partial charge is 0.413 e. The summed E-state index contributed by atoms with van der Waals surface area (Å²) in [5, 5.41) is 0. The van der Waals surface area contributed by atoms with Crippen LogP contribution >= 0.6 is 15.9 Å². The molecule has 0 aromatic heterocycles. The maximum atomic E-state index is 13.1. The number of nitrogens with zero attached hydrogens (tertiary/aromatic N) is 1. The summed E-state index contributed by atoms with van der Waals surface area (Å²) in [6.07, 6.45) is -2.94. The van der Waals surface area contributed by atoms with Gasteiger partial charge in [-0.1, -0.05) is 64.5 Å². The van der Waals surface area contributed by atoms with Crippen LogP contribution in [0.5, 0.6) is 0 Å². The fraction of sp³-hybridized carbons (Fsp3) is 0.222. The Morgan fingerprint density at radius 3 is 2.26 bits per heavy atom. The van der Waals surface area contributed by atoms with Gasteiger partial charge in [-0.25, -0.2) is 0 Å². The Balaban J connectivity index is 1.89. The Morgan fingerprint density at radius 1 is 1.00 bits per heavy atom. The van der Waals surface area contributed by atoms with Gasteiger partial charge in [0.25, 0.3) is 0 Å². The molecule has 3 rings (SSSR count). The fourth-order valence-electron chi connectivity index (χ4n) is 2.79. The van der Waals surface area contributed by atoms with Crippen LogP contribution in [0.15, 0.2) is 70.7 Å².